The zero-order chi connectivity index (χ0) is 16.0. The summed E-state index contributed by atoms with van der Waals surface area (Å²) >= 11 is 0. The van der Waals surface area contributed by atoms with Crippen molar-refractivity contribution in [3.8, 4) is 0 Å². The van der Waals surface area contributed by atoms with Gasteiger partial charge in [0.25, 0.3) is 0 Å². The first-order valence-electron chi connectivity index (χ1n) is 8.33. The van der Waals surface area contributed by atoms with Crippen molar-refractivity contribution < 1.29 is 9.53 Å². The molecule has 1 aliphatic rings. The number of ether oxygens (including phenoxy) is 1. The van der Waals surface area contributed by atoms with Crippen LogP contribution in [0.15, 0.2) is 30.3 Å². The molecule has 1 aromatic carbocycles. The second kappa shape index (κ2) is 7.75. The highest BCUT2D eigenvalue weighted by molar-refractivity contribution is 5.79. The average molecular weight is 304 g/mol. The fourth-order valence-electron chi connectivity index (χ4n) is 2.92. The number of nitrogens with one attached hydrogen (secondary N) is 1. The van der Waals surface area contributed by atoms with Crippen molar-refractivity contribution >= 4 is 5.91 Å². The molecule has 0 spiro atoms. The maximum Gasteiger partial charge on any atom is 0.226 e. The minimum Gasteiger partial charge on any atom is -0.373 e. The molecule has 2 atom stereocenters. The molecular formula is C18H28N2O2. The molecule has 22 heavy (non-hydrogen) atoms. The molecule has 0 saturated carbocycles. The van der Waals surface area contributed by atoms with Crippen LogP contribution < -0.4 is 11.1 Å². The molecule has 3 N–H and O–H groups in total. The van der Waals surface area contributed by atoms with E-state index in [-0.39, 0.29) is 23.5 Å². The molecule has 0 aromatic heterocycles. The highest BCUT2D eigenvalue weighted by Crippen LogP contribution is 2.33. The van der Waals surface area contributed by atoms with Crippen LogP contribution in [0, 0.1) is 5.92 Å². The van der Waals surface area contributed by atoms with Gasteiger partial charge in [-0.2, -0.15) is 0 Å². The standard InChI is InChI=1S/C18H28N2O2/c1-3-18(19,4-2)13-20-17(21)15-11-8-12-22-16(15)14-9-6-5-7-10-14/h5-7,9-10,15-16H,3-4,8,11-13,19H2,1-2H3,(H,20,21). The summed E-state index contributed by atoms with van der Waals surface area (Å²) in [6.07, 6.45) is 3.35. The molecule has 0 aliphatic carbocycles. The first-order chi connectivity index (χ1) is 10.6. The second-order valence-electron chi connectivity index (χ2n) is 6.24. The van der Waals surface area contributed by atoms with Gasteiger partial charge in [0.2, 0.25) is 5.91 Å². The van der Waals surface area contributed by atoms with Crippen LogP contribution in [-0.4, -0.2) is 24.6 Å². The Hall–Kier alpha value is -1.39. The highest BCUT2D eigenvalue weighted by Gasteiger charge is 2.33. The lowest BCUT2D eigenvalue weighted by Gasteiger charge is -2.33. The molecule has 2 rings (SSSR count). The van der Waals surface area contributed by atoms with Gasteiger partial charge in [0, 0.05) is 18.7 Å². The van der Waals surface area contributed by atoms with Crippen molar-refractivity contribution in [2.45, 2.75) is 51.2 Å². The Morgan fingerprint density at radius 2 is 2.00 bits per heavy atom. The van der Waals surface area contributed by atoms with E-state index in [0.717, 1.165) is 31.2 Å². The minimum atomic E-state index is -0.312. The molecular weight excluding hydrogens is 276 g/mol. The molecule has 122 valence electrons. The third-order valence-electron chi connectivity index (χ3n) is 4.81. The molecule has 1 amide bonds. The van der Waals surface area contributed by atoms with Gasteiger partial charge in [-0.25, -0.2) is 0 Å². The van der Waals surface area contributed by atoms with Crippen LogP contribution in [0.3, 0.4) is 0 Å². The van der Waals surface area contributed by atoms with E-state index in [9.17, 15) is 4.79 Å². The minimum absolute atomic E-state index is 0.0604. The predicted molar refractivity (Wildman–Crippen MR) is 88.4 cm³/mol. The SMILES string of the molecule is CCC(N)(CC)CNC(=O)C1CCCOC1c1ccccc1. The summed E-state index contributed by atoms with van der Waals surface area (Å²) in [5.41, 5.74) is 7.04. The Labute approximate surface area is 133 Å². The van der Waals surface area contributed by atoms with Crippen LogP contribution in [0.1, 0.15) is 51.2 Å². The molecule has 1 saturated heterocycles. The third-order valence-corrected chi connectivity index (χ3v) is 4.81. The lowest BCUT2D eigenvalue weighted by Crippen LogP contribution is -2.51. The van der Waals surface area contributed by atoms with E-state index in [1.807, 2.05) is 30.3 Å². The summed E-state index contributed by atoms with van der Waals surface area (Å²) in [5.74, 6) is -0.0700. The predicted octanol–water partition coefficient (Wildman–Crippen LogP) is 2.79. The quantitative estimate of drug-likeness (QED) is 0.849. The van der Waals surface area contributed by atoms with E-state index in [4.69, 9.17) is 10.5 Å². The number of carbonyl (C=O) groups is 1. The second-order valence-corrected chi connectivity index (χ2v) is 6.24. The number of amides is 1. The molecule has 1 heterocycles. The van der Waals surface area contributed by atoms with Gasteiger partial charge in [0.1, 0.15) is 0 Å². The van der Waals surface area contributed by atoms with E-state index in [2.05, 4.69) is 19.2 Å². The topological polar surface area (TPSA) is 64.3 Å². The molecule has 1 fully saturated rings. The third kappa shape index (κ3) is 4.08. The van der Waals surface area contributed by atoms with Crippen molar-refractivity contribution in [3.63, 3.8) is 0 Å². The number of hydrogen-bond acceptors (Lipinski definition) is 3. The Morgan fingerprint density at radius 3 is 2.64 bits per heavy atom. The first kappa shape index (κ1) is 17.0. The van der Waals surface area contributed by atoms with E-state index in [0.29, 0.717) is 13.2 Å². The monoisotopic (exact) mass is 304 g/mol. The van der Waals surface area contributed by atoms with Gasteiger partial charge in [0.05, 0.1) is 12.0 Å². The van der Waals surface area contributed by atoms with Gasteiger partial charge in [-0.15, -0.1) is 0 Å². The van der Waals surface area contributed by atoms with Gasteiger partial charge in [-0.1, -0.05) is 44.2 Å². The fraction of sp³-hybridized carbons (Fsp3) is 0.611. The van der Waals surface area contributed by atoms with E-state index in [1.54, 1.807) is 0 Å². The number of carbonyl (C=O) groups excluding carboxylic acids is 1. The van der Waals surface area contributed by atoms with Gasteiger partial charge >= 0.3 is 0 Å². The van der Waals surface area contributed by atoms with Crippen LogP contribution in [0.25, 0.3) is 0 Å². The van der Waals surface area contributed by atoms with Gasteiger partial charge in [-0.05, 0) is 31.2 Å². The Kier molecular flexibility index (Phi) is 5.98. The summed E-state index contributed by atoms with van der Waals surface area (Å²) in [7, 11) is 0. The maximum absolute atomic E-state index is 12.6. The van der Waals surface area contributed by atoms with Crippen LogP contribution in [0.2, 0.25) is 0 Å². The smallest absolute Gasteiger partial charge is 0.226 e. The van der Waals surface area contributed by atoms with Crippen molar-refractivity contribution in [2.24, 2.45) is 11.7 Å². The summed E-state index contributed by atoms with van der Waals surface area (Å²) in [6, 6.07) is 10.0. The summed E-state index contributed by atoms with van der Waals surface area (Å²) in [4.78, 5) is 12.6. The largest absolute Gasteiger partial charge is 0.373 e. The zero-order valence-electron chi connectivity index (χ0n) is 13.7. The van der Waals surface area contributed by atoms with E-state index in [1.165, 1.54) is 0 Å². The molecule has 1 aromatic rings. The molecule has 1 aliphatic heterocycles. The number of rotatable bonds is 6. The Balaban J connectivity index is 2.03. The molecule has 0 radical (unpaired) electrons. The first-order valence-corrected chi connectivity index (χ1v) is 8.33. The highest BCUT2D eigenvalue weighted by atomic mass is 16.5. The summed E-state index contributed by atoms with van der Waals surface area (Å²) in [6.45, 7) is 5.36. The van der Waals surface area contributed by atoms with Crippen LogP contribution in [-0.2, 0) is 9.53 Å². The van der Waals surface area contributed by atoms with Crippen molar-refractivity contribution in [3.05, 3.63) is 35.9 Å². The summed E-state index contributed by atoms with van der Waals surface area (Å²) < 4.78 is 5.89. The van der Waals surface area contributed by atoms with Crippen LogP contribution in [0.4, 0.5) is 0 Å². The van der Waals surface area contributed by atoms with Gasteiger partial charge in [-0.3, -0.25) is 4.79 Å². The van der Waals surface area contributed by atoms with Crippen molar-refractivity contribution in [2.75, 3.05) is 13.2 Å². The lowest BCUT2D eigenvalue weighted by molar-refractivity contribution is -0.135. The Bertz CT molecular complexity index is 471. The lowest BCUT2D eigenvalue weighted by atomic mass is 9.88. The van der Waals surface area contributed by atoms with Crippen molar-refractivity contribution in [1.29, 1.82) is 0 Å². The normalized spacial score (nSPS) is 22.3. The molecule has 0 bridgehead atoms. The van der Waals surface area contributed by atoms with E-state index >= 15 is 0 Å². The number of nitrogens with two attached hydrogens (primary N) is 1. The zero-order valence-corrected chi connectivity index (χ0v) is 13.7. The van der Waals surface area contributed by atoms with Gasteiger partial charge < -0.3 is 15.8 Å². The fourth-order valence-corrected chi connectivity index (χ4v) is 2.92. The number of hydrogen-bond donors (Lipinski definition) is 2. The molecule has 2 unspecified atom stereocenters. The van der Waals surface area contributed by atoms with Crippen LogP contribution in [0.5, 0.6) is 0 Å². The molecule has 4 nitrogen and oxygen atoms in total. The van der Waals surface area contributed by atoms with E-state index < -0.39 is 0 Å². The average Bonchev–Trinajstić information content (AvgIpc) is 2.60. The number of benzene rings is 1. The van der Waals surface area contributed by atoms with Gasteiger partial charge in [0.15, 0.2) is 0 Å². The molecule has 4 heteroatoms. The maximum atomic E-state index is 12.6. The summed E-state index contributed by atoms with van der Waals surface area (Å²) in [5, 5.41) is 3.05. The Morgan fingerprint density at radius 1 is 1.32 bits per heavy atom. The van der Waals surface area contributed by atoms with Crippen LogP contribution >= 0.6 is 0 Å². The van der Waals surface area contributed by atoms with Crippen molar-refractivity contribution in [1.82, 2.24) is 5.32 Å².